The molecule has 2 aromatic carbocycles. The van der Waals surface area contributed by atoms with Gasteiger partial charge >= 0.3 is 0 Å². The number of rotatable bonds is 5. The van der Waals surface area contributed by atoms with Crippen molar-refractivity contribution >= 4 is 50.7 Å². The molecule has 0 saturated carbocycles. The molecule has 8 rings (SSSR count). The highest BCUT2D eigenvalue weighted by atomic mass is 35.5. The Balaban J connectivity index is 0.000000180. The highest BCUT2D eigenvalue weighted by molar-refractivity contribution is 6.36. The maximum atomic E-state index is 14.9. The fourth-order valence-corrected chi connectivity index (χ4v) is 6.29. The number of morpholine rings is 1. The highest BCUT2D eigenvalue weighted by Crippen LogP contribution is 2.37. The lowest BCUT2D eigenvalue weighted by molar-refractivity contribution is 0.122. The second-order valence-corrected chi connectivity index (χ2v) is 12.3. The van der Waals surface area contributed by atoms with Crippen LogP contribution in [0.1, 0.15) is 11.1 Å². The Kier molecular flexibility index (Phi) is 9.92. The zero-order valence-corrected chi connectivity index (χ0v) is 28.7. The molecule has 1 saturated heterocycles. The van der Waals surface area contributed by atoms with Gasteiger partial charge in [-0.1, -0.05) is 29.8 Å². The summed E-state index contributed by atoms with van der Waals surface area (Å²) in [5, 5.41) is 3.84. The first-order valence-electron chi connectivity index (χ1n) is 16.3. The number of nitrogens with one attached hydrogen (secondary N) is 1. The van der Waals surface area contributed by atoms with Gasteiger partial charge in [0.05, 0.1) is 68.5 Å². The molecule has 0 aliphatic carbocycles. The maximum Gasteiger partial charge on any atom is 0.137 e. The highest BCUT2D eigenvalue weighted by Gasteiger charge is 2.20. The molecule has 5 aromatic heterocycles. The van der Waals surface area contributed by atoms with Gasteiger partial charge in [0.25, 0.3) is 0 Å². The van der Waals surface area contributed by atoms with Crippen LogP contribution in [0.4, 0.5) is 34.9 Å². The predicted molar refractivity (Wildman–Crippen MR) is 195 cm³/mol. The molecule has 1 aliphatic rings. The van der Waals surface area contributed by atoms with Crippen molar-refractivity contribution in [1.82, 2.24) is 24.9 Å². The van der Waals surface area contributed by atoms with E-state index in [2.05, 4.69) is 30.2 Å². The molecule has 52 heavy (non-hydrogen) atoms. The fourth-order valence-electron chi connectivity index (χ4n) is 6.02. The van der Waals surface area contributed by atoms with Gasteiger partial charge in [0.15, 0.2) is 0 Å². The fraction of sp³-hybridized carbons (Fsp3) is 0.154. The van der Waals surface area contributed by atoms with E-state index in [1.54, 1.807) is 37.5 Å². The minimum Gasteiger partial charge on any atom is -0.378 e. The van der Waals surface area contributed by atoms with Gasteiger partial charge in [0.1, 0.15) is 34.9 Å². The summed E-state index contributed by atoms with van der Waals surface area (Å²) in [7, 11) is 0. The molecule has 0 atom stereocenters. The first-order valence-corrected chi connectivity index (χ1v) is 16.7. The van der Waals surface area contributed by atoms with E-state index in [9.17, 15) is 17.6 Å². The number of anilines is 3. The Morgan fingerprint density at radius 3 is 1.85 bits per heavy atom. The van der Waals surface area contributed by atoms with Gasteiger partial charge in [0.2, 0.25) is 0 Å². The van der Waals surface area contributed by atoms with Gasteiger partial charge in [0, 0.05) is 55.3 Å². The number of halogens is 5. The van der Waals surface area contributed by atoms with Gasteiger partial charge in [-0.3, -0.25) is 9.97 Å². The summed E-state index contributed by atoms with van der Waals surface area (Å²) >= 11 is 6.21. The van der Waals surface area contributed by atoms with Crippen molar-refractivity contribution < 1.29 is 22.3 Å². The number of aromatic nitrogens is 5. The average Bonchev–Trinajstić information content (AvgIpc) is 3.15. The van der Waals surface area contributed by atoms with Crippen molar-refractivity contribution in [2.24, 2.45) is 0 Å². The van der Waals surface area contributed by atoms with E-state index < -0.39 is 23.3 Å². The van der Waals surface area contributed by atoms with E-state index in [1.165, 1.54) is 6.07 Å². The van der Waals surface area contributed by atoms with E-state index in [1.807, 2.05) is 43.3 Å². The lowest BCUT2D eigenvalue weighted by Crippen LogP contribution is -2.36. The number of fused-ring (bicyclic) bond motifs is 2. The Bertz CT molecular complexity index is 2410. The van der Waals surface area contributed by atoms with Crippen molar-refractivity contribution in [2.45, 2.75) is 13.8 Å². The molecule has 1 aliphatic heterocycles. The molecule has 0 amide bonds. The van der Waals surface area contributed by atoms with Crippen LogP contribution in [0.3, 0.4) is 0 Å². The van der Waals surface area contributed by atoms with Gasteiger partial charge < -0.3 is 15.0 Å². The third-order valence-electron chi connectivity index (χ3n) is 8.55. The molecule has 7 aromatic rings. The summed E-state index contributed by atoms with van der Waals surface area (Å²) in [6.45, 7) is 6.39. The monoisotopic (exact) mass is 723 g/mol. The summed E-state index contributed by atoms with van der Waals surface area (Å²) in [5.74, 6) is -1.40. The molecule has 0 unspecified atom stereocenters. The van der Waals surface area contributed by atoms with Crippen molar-refractivity contribution in [3.05, 3.63) is 131 Å². The standard InChI is InChI=1S/C24H21F2N5O.C15H9ClF2N2/c1-15-23(18-5-2-3-8-27-18)28-19-14-16(25)13-17(26)22(19)24(15)30-20-6-4-7-21(29-20)31-9-11-32-12-10-31;1-8-14(16)13-10(18)6-9(17)7-12(13)20-15(8)11-4-2-3-5-19-11/h2-8,13-14H,9-12H2,1H3,(H,28,29,30);2-7H,1H3. The molecule has 1 fully saturated rings. The van der Waals surface area contributed by atoms with Gasteiger partial charge in [-0.2, -0.15) is 0 Å². The average molecular weight is 724 g/mol. The molecular formula is C39H30ClF4N7O. The number of benzene rings is 2. The number of nitrogens with zero attached hydrogens (tertiary/aromatic N) is 6. The van der Waals surface area contributed by atoms with Crippen molar-refractivity contribution in [3.8, 4) is 22.8 Å². The van der Waals surface area contributed by atoms with Gasteiger partial charge in [-0.05, 0) is 55.8 Å². The molecule has 1 N–H and O–H groups in total. The molecule has 8 nitrogen and oxygen atoms in total. The zero-order chi connectivity index (χ0) is 36.4. The van der Waals surface area contributed by atoms with E-state index in [-0.39, 0.29) is 26.8 Å². The first kappa shape index (κ1) is 34.7. The second-order valence-electron chi connectivity index (χ2n) is 12.0. The Morgan fingerprint density at radius 1 is 0.673 bits per heavy atom. The van der Waals surface area contributed by atoms with Gasteiger partial charge in [-0.15, -0.1) is 0 Å². The minimum atomic E-state index is -0.715. The van der Waals surface area contributed by atoms with Crippen LogP contribution in [0.5, 0.6) is 0 Å². The van der Waals surface area contributed by atoms with Crippen LogP contribution in [-0.2, 0) is 4.74 Å². The molecular weight excluding hydrogens is 694 g/mol. The van der Waals surface area contributed by atoms with Crippen LogP contribution in [0.25, 0.3) is 44.6 Å². The number of ether oxygens (including phenoxy) is 1. The summed E-state index contributed by atoms with van der Waals surface area (Å²) in [6.07, 6.45) is 3.29. The molecule has 262 valence electrons. The quantitative estimate of drug-likeness (QED) is 0.176. The number of hydrogen-bond acceptors (Lipinski definition) is 8. The van der Waals surface area contributed by atoms with Crippen LogP contribution in [0.2, 0.25) is 5.02 Å². The first-order chi connectivity index (χ1) is 25.2. The molecule has 6 heterocycles. The van der Waals surface area contributed by atoms with E-state index in [0.29, 0.717) is 58.6 Å². The third kappa shape index (κ3) is 7.07. The van der Waals surface area contributed by atoms with Crippen molar-refractivity contribution in [2.75, 3.05) is 36.5 Å². The van der Waals surface area contributed by atoms with Crippen molar-refractivity contribution in [3.63, 3.8) is 0 Å². The topological polar surface area (TPSA) is 89.0 Å². The summed E-state index contributed by atoms with van der Waals surface area (Å²) in [4.78, 5) is 24.3. The van der Waals surface area contributed by atoms with Crippen LogP contribution >= 0.6 is 11.6 Å². The summed E-state index contributed by atoms with van der Waals surface area (Å²) in [5.41, 5.74) is 4.49. The Hall–Kier alpha value is -5.72. The van der Waals surface area contributed by atoms with Crippen molar-refractivity contribution in [1.29, 1.82) is 0 Å². The van der Waals surface area contributed by atoms with E-state index in [0.717, 1.165) is 37.1 Å². The maximum absolute atomic E-state index is 14.9. The minimum absolute atomic E-state index is 0.130. The summed E-state index contributed by atoms with van der Waals surface area (Å²) in [6, 6.07) is 20.5. The third-order valence-corrected chi connectivity index (χ3v) is 9.03. The Morgan fingerprint density at radius 2 is 1.25 bits per heavy atom. The Labute approximate surface area is 301 Å². The lowest BCUT2D eigenvalue weighted by Gasteiger charge is -2.28. The molecule has 0 spiro atoms. The normalized spacial score (nSPS) is 12.9. The molecule has 0 bridgehead atoms. The smallest absolute Gasteiger partial charge is 0.137 e. The van der Waals surface area contributed by atoms with Gasteiger partial charge in [-0.25, -0.2) is 32.5 Å². The van der Waals surface area contributed by atoms with E-state index >= 15 is 0 Å². The largest absolute Gasteiger partial charge is 0.378 e. The molecule has 13 heteroatoms. The van der Waals surface area contributed by atoms with E-state index in [4.69, 9.17) is 21.3 Å². The lowest BCUT2D eigenvalue weighted by atomic mass is 10.0. The van der Waals surface area contributed by atoms with Crippen LogP contribution in [-0.4, -0.2) is 51.2 Å². The second kappa shape index (κ2) is 14.9. The number of pyridine rings is 5. The SMILES string of the molecule is Cc1c(-c2ccccn2)nc2cc(F)cc(F)c2c1Cl.Cc1c(-c2ccccn2)nc2cc(F)cc(F)c2c1Nc1cccc(N2CCOCC2)n1. The van der Waals surface area contributed by atoms with Crippen LogP contribution in [0.15, 0.2) is 91.3 Å². The predicted octanol–water partition coefficient (Wildman–Crippen LogP) is 9.40. The van der Waals surface area contributed by atoms with Crippen LogP contribution in [0, 0.1) is 37.1 Å². The summed E-state index contributed by atoms with van der Waals surface area (Å²) < 4.78 is 61.5. The van der Waals surface area contributed by atoms with Crippen LogP contribution < -0.4 is 10.2 Å². The number of hydrogen-bond donors (Lipinski definition) is 1. The zero-order valence-electron chi connectivity index (χ0n) is 28.0. The molecule has 0 radical (unpaired) electrons.